The van der Waals surface area contributed by atoms with E-state index in [1.165, 1.54) is 6.26 Å². The molecule has 0 unspecified atom stereocenters. The molecule has 134 valence electrons. The third kappa shape index (κ3) is 5.58. The average Bonchev–Trinajstić information content (AvgIpc) is 3.11. The van der Waals surface area contributed by atoms with E-state index in [9.17, 15) is 4.79 Å². The van der Waals surface area contributed by atoms with Crippen LogP contribution in [0.15, 0.2) is 41.3 Å². The second-order valence-electron chi connectivity index (χ2n) is 5.84. The zero-order chi connectivity index (χ0) is 17.3. The van der Waals surface area contributed by atoms with Crippen molar-refractivity contribution in [2.75, 3.05) is 39.5 Å². The first-order valence-electron chi connectivity index (χ1n) is 8.50. The van der Waals surface area contributed by atoms with E-state index in [0.29, 0.717) is 25.3 Å². The number of carbonyl (C=O) groups is 1. The van der Waals surface area contributed by atoms with Crippen LogP contribution in [0.4, 0.5) is 0 Å². The lowest BCUT2D eigenvalue weighted by atomic mass is 10.2. The van der Waals surface area contributed by atoms with Gasteiger partial charge in [-0.05, 0) is 24.6 Å². The second-order valence-corrected chi connectivity index (χ2v) is 5.84. The molecule has 2 aromatic rings. The average molecular weight is 345 g/mol. The Kier molecular flexibility index (Phi) is 6.42. The lowest BCUT2D eigenvalue weighted by Gasteiger charge is -2.25. The molecule has 1 aliphatic rings. The lowest BCUT2D eigenvalue weighted by molar-refractivity contribution is 0.0313. The minimum Gasteiger partial charge on any atom is -0.492 e. The maximum Gasteiger partial charge on any atom is 0.254 e. The molecule has 1 amide bonds. The van der Waals surface area contributed by atoms with Gasteiger partial charge in [0, 0.05) is 25.8 Å². The first-order chi connectivity index (χ1) is 12.3. The van der Waals surface area contributed by atoms with E-state index in [0.717, 1.165) is 44.2 Å². The van der Waals surface area contributed by atoms with Crippen LogP contribution < -0.4 is 10.1 Å². The van der Waals surface area contributed by atoms with Crippen molar-refractivity contribution in [1.82, 2.24) is 15.2 Å². The number of pyridine rings is 1. The fourth-order valence-corrected chi connectivity index (χ4v) is 2.56. The molecule has 1 fully saturated rings. The first-order valence-corrected chi connectivity index (χ1v) is 8.50. The number of carbonyl (C=O) groups excluding carboxylic acids is 1. The van der Waals surface area contributed by atoms with Gasteiger partial charge in [0.2, 0.25) is 0 Å². The molecule has 3 rings (SSSR count). The molecule has 0 aromatic carbocycles. The summed E-state index contributed by atoms with van der Waals surface area (Å²) in [6.07, 6.45) is 5.60. The first kappa shape index (κ1) is 17.4. The van der Waals surface area contributed by atoms with E-state index in [1.54, 1.807) is 18.5 Å². The minimum absolute atomic E-state index is 0.127. The van der Waals surface area contributed by atoms with Gasteiger partial charge in [0.1, 0.15) is 17.8 Å². The van der Waals surface area contributed by atoms with Crippen molar-refractivity contribution in [1.29, 1.82) is 0 Å². The summed E-state index contributed by atoms with van der Waals surface area (Å²) < 4.78 is 16.4. The zero-order valence-corrected chi connectivity index (χ0v) is 14.1. The standard InChI is InChI=1S/C18H23N3O4/c22-18(20-5-2-8-24-16-3-1-4-19-12-16)15-11-17(25-14-15)13-21-6-9-23-10-7-21/h1,3-4,11-12,14H,2,5-10,13H2,(H,20,22). The Balaban J connectivity index is 1.35. The Labute approximate surface area is 146 Å². The van der Waals surface area contributed by atoms with Crippen molar-refractivity contribution in [2.24, 2.45) is 0 Å². The number of amides is 1. The highest BCUT2D eigenvalue weighted by Gasteiger charge is 2.15. The van der Waals surface area contributed by atoms with Crippen molar-refractivity contribution in [3.05, 3.63) is 48.2 Å². The van der Waals surface area contributed by atoms with Crippen LogP contribution in [0, 0.1) is 0 Å². The highest BCUT2D eigenvalue weighted by Crippen LogP contribution is 2.12. The van der Waals surface area contributed by atoms with Crippen LogP contribution in [-0.2, 0) is 11.3 Å². The summed E-state index contributed by atoms with van der Waals surface area (Å²) >= 11 is 0. The number of furan rings is 1. The largest absolute Gasteiger partial charge is 0.492 e. The monoisotopic (exact) mass is 345 g/mol. The van der Waals surface area contributed by atoms with Gasteiger partial charge in [0.15, 0.2) is 0 Å². The fraction of sp³-hybridized carbons (Fsp3) is 0.444. The highest BCUT2D eigenvalue weighted by atomic mass is 16.5. The second kappa shape index (κ2) is 9.19. The van der Waals surface area contributed by atoms with Crippen molar-refractivity contribution in [2.45, 2.75) is 13.0 Å². The van der Waals surface area contributed by atoms with Crippen LogP contribution in [0.3, 0.4) is 0 Å². The van der Waals surface area contributed by atoms with E-state index in [4.69, 9.17) is 13.9 Å². The summed E-state index contributed by atoms with van der Waals surface area (Å²) in [7, 11) is 0. The Bertz CT molecular complexity index is 653. The normalized spacial score (nSPS) is 15.0. The smallest absolute Gasteiger partial charge is 0.254 e. The molecule has 2 aromatic heterocycles. The Morgan fingerprint density at radius 3 is 3.04 bits per heavy atom. The molecule has 25 heavy (non-hydrogen) atoms. The molecule has 0 radical (unpaired) electrons. The van der Waals surface area contributed by atoms with Crippen LogP contribution in [0.5, 0.6) is 5.75 Å². The number of hydrogen-bond acceptors (Lipinski definition) is 6. The number of ether oxygens (including phenoxy) is 2. The molecule has 1 saturated heterocycles. The van der Waals surface area contributed by atoms with Crippen LogP contribution in [0.1, 0.15) is 22.5 Å². The third-order valence-corrected chi connectivity index (χ3v) is 3.91. The van der Waals surface area contributed by atoms with E-state index in [-0.39, 0.29) is 5.91 Å². The van der Waals surface area contributed by atoms with Gasteiger partial charge in [-0.25, -0.2) is 0 Å². The molecular weight excluding hydrogens is 322 g/mol. The minimum atomic E-state index is -0.127. The predicted octanol–water partition coefficient (Wildman–Crippen LogP) is 1.71. The van der Waals surface area contributed by atoms with Crippen LogP contribution in [0.25, 0.3) is 0 Å². The third-order valence-electron chi connectivity index (χ3n) is 3.91. The number of hydrogen-bond donors (Lipinski definition) is 1. The summed E-state index contributed by atoms with van der Waals surface area (Å²) in [4.78, 5) is 18.4. The van der Waals surface area contributed by atoms with Crippen LogP contribution in [0.2, 0.25) is 0 Å². The van der Waals surface area contributed by atoms with Gasteiger partial charge in [0.25, 0.3) is 5.91 Å². The maximum absolute atomic E-state index is 12.1. The molecule has 0 bridgehead atoms. The van der Waals surface area contributed by atoms with Gasteiger partial charge < -0.3 is 19.2 Å². The Morgan fingerprint density at radius 1 is 1.36 bits per heavy atom. The van der Waals surface area contributed by atoms with Crippen LogP contribution >= 0.6 is 0 Å². The van der Waals surface area contributed by atoms with Crippen molar-refractivity contribution < 1.29 is 18.7 Å². The van der Waals surface area contributed by atoms with Gasteiger partial charge in [-0.3, -0.25) is 14.7 Å². The van der Waals surface area contributed by atoms with Crippen molar-refractivity contribution in [3.8, 4) is 5.75 Å². The highest BCUT2D eigenvalue weighted by molar-refractivity contribution is 5.93. The van der Waals surface area contributed by atoms with E-state index < -0.39 is 0 Å². The topological polar surface area (TPSA) is 76.8 Å². The summed E-state index contributed by atoms with van der Waals surface area (Å²) in [5, 5.41) is 2.87. The molecule has 0 saturated carbocycles. The van der Waals surface area contributed by atoms with Crippen LogP contribution in [-0.4, -0.2) is 55.2 Å². The number of nitrogens with zero attached hydrogens (tertiary/aromatic N) is 2. The molecule has 7 nitrogen and oxygen atoms in total. The number of nitrogens with one attached hydrogen (secondary N) is 1. The molecule has 1 N–H and O–H groups in total. The van der Waals surface area contributed by atoms with Crippen molar-refractivity contribution >= 4 is 5.91 Å². The summed E-state index contributed by atoms with van der Waals surface area (Å²) in [6, 6.07) is 5.48. The van der Waals surface area contributed by atoms with E-state index in [2.05, 4.69) is 15.2 Å². The Hall–Kier alpha value is -2.38. The molecule has 0 atom stereocenters. The molecule has 0 aliphatic carbocycles. The van der Waals surface area contributed by atoms with Gasteiger partial charge in [-0.2, -0.15) is 0 Å². The predicted molar refractivity (Wildman–Crippen MR) is 91.5 cm³/mol. The van der Waals surface area contributed by atoms with Gasteiger partial charge in [0.05, 0.1) is 38.1 Å². The van der Waals surface area contributed by atoms with Gasteiger partial charge in [-0.15, -0.1) is 0 Å². The Morgan fingerprint density at radius 2 is 2.24 bits per heavy atom. The molecule has 0 spiro atoms. The van der Waals surface area contributed by atoms with Gasteiger partial charge >= 0.3 is 0 Å². The molecule has 7 heteroatoms. The van der Waals surface area contributed by atoms with Gasteiger partial charge in [-0.1, -0.05) is 0 Å². The molecular formula is C18H23N3O4. The van der Waals surface area contributed by atoms with Crippen molar-refractivity contribution in [3.63, 3.8) is 0 Å². The number of morpholine rings is 1. The fourth-order valence-electron chi connectivity index (χ4n) is 2.56. The molecule has 3 heterocycles. The summed E-state index contributed by atoms with van der Waals surface area (Å²) in [6.45, 7) is 5.04. The SMILES string of the molecule is O=C(NCCCOc1cccnc1)c1coc(CN2CCOCC2)c1. The van der Waals surface area contributed by atoms with E-state index >= 15 is 0 Å². The maximum atomic E-state index is 12.1. The molecule has 1 aliphatic heterocycles. The van der Waals surface area contributed by atoms with E-state index in [1.807, 2.05) is 12.1 Å². The summed E-state index contributed by atoms with van der Waals surface area (Å²) in [5.41, 5.74) is 0.552. The zero-order valence-electron chi connectivity index (χ0n) is 14.1. The summed E-state index contributed by atoms with van der Waals surface area (Å²) in [5.74, 6) is 1.40. The quantitative estimate of drug-likeness (QED) is 0.734. The lowest BCUT2D eigenvalue weighted by Crippen LogP contribution is -2.35. The number of rotatable bonds is 8. The number of aromatic nitrogens is 1.